The highest BCUT2D eigenvalue weighted by Gasteiger charge is 2.15. The number of anilines is 1. The van der Waals surface area contributed by atoms with E-state index in [0.29, 0.717) is 23.6 Å². The zero-order valence-corrected chi connectivity index (χ0v) is 14.5. The van der Waals surface area contributed by atoms with Gasteiger partial charge >= 0.3 is 0 Å². The maximum absolute atomic E-state index is 9.37. The Labute approximate surface area is 153 Å². The maximum Gasteiger partial charge on any atom is 0.146 e. The number of nitrogen functional groups attached to an aromatic ring is 1. The lowest BCUT2D eigenvalue weighted by Gasteiger charge is -2.13. The first-order chi connectivity index (χ1) is 12.7. The molecular weight excluding hydrogens is 322 g/mol. The number of aromatic nitrogens is 2. The molecule has 26 heavy (non-hydrogen) atoms. The monoisotopic (exact) mass is 343 g/mol. The van der Waals surface area contributed by atoms with E-state index < -0.39 is 0 Å². The number of aliphatic hydroxyl groups excluding tert-OH is 1. The van der Waals surface area contributed by atoms with E-state index in [1.807, 2.05) is 48.5 Å². The zero-order valence-electron chi connectivity index (χ0n) is 14.5. The average molecular weight is 343 g/mol. The van der Waals surface area contributed by atoms with E-state index in [-0.39, 0.29) is 6.61 Å². The van der Waals surface area contributed by atoms with Crippen molar-refractivity contribution in [2.75, 3.05) is 5.73 Å². The molecule has 1 aromatic heterocycles. The molecule has 3 N–H and O–H groups in total. The Bertz CT molecular complexity index is 949. The Morgan fingerprint density at radius 2 is 1.73 bits per heavy atom. The van der Waals surface area contributed by atoms with Gasteiger partial charge in [0, 0.05) is 12.0 Å². The van der Waals surface area contributed by atoms with Gasteiger partial charge in [0.05, 0.1) is 23.7 Å². The van der Waals surface area contributed by atoms with Gasteiger partial charge in [0.1, 0.15) is 5.82 Å². The summed E-state index contributed by atoms with van der Waals surface area (Å²) in [6.45, 7) is 7.69. The molecule has 0 aliphatic carbocycles. The molecule has 0 atom stereocenters. The molecule has 0 fully saturated rings. The van der Waals surface area contributed by atoms with Gasteiger partial charge in [-0.1, -0.05) is 61.7 Å². The summed E-state index contributed by atoms with van der Waals surface area (Å²) in [6.07, 6.45) is 4.00. The highest BCUT2D eigenvalue weighted by molar-refractivity contribution is 5.78. The van der Waals surface area contributed by atoms with Crippen LogP contribution in [0.1, 0.15) is 28.1 Å². The van der Waals surface area contributed by atoms with E-state index in [4.69, 9.17) is 10.7 Å². The predicted molar refractivity (Wildman–Crippen MR) is 107 cm³/mol. The molecule has 0 aliphatic heterocycles. The molecule has 4 heteroatoms. The molecule has 0 saturated heterocycles. The van der Waals surface area contributed by atoms with Crippen molar-refractivity contribution in [2.45, 2.75) is 13.0 Å². The number of hydrogen-bond acceptors (Lipinski definition) is 4. The van der Waals surface area contributed by atoms with Gasteiger partial charge in [-0.3, -0.25) is 0 Å². The van der Waals surface area contributed by atoms with Gasteiger partial charge in [0.2, 0.25) is 0 Å². The molecule has 0 amide bonds. The highest BCUT2D eigenvalue weighted by atomic mass is 16.3. The molecule has 0 aliphatic rings. The topological polar surface area (TPSA) is 72.0 Å². The molecule has 0 saturated carbocycles. The van der Waals surface area contributed by atoms with Crippen LogP contribution in [0, 0.1) is 0 Å². The van der Waals surface area contributed by atoms with E-state index in [0.717, 1.165) is 27.9 Å². The van der Waals surface area contributed by atoms with Gasteiger partial charge in [0.25, 0.3) is 0 Å². The molecule has 3 rings (SSSR count). The summed E-state index contributed by atoms with van der Waals surface area (Å²) < 4.78 is 0. The summed E-state index contributed by atoms with van der Waals surface area (Å²) in [5.74, 6) is 0.402. The minimum absolute atomic E-state index is 0.0257. The maximum atomic E-state index is 9.37. The normalized spacial score (nSPS) is 10.5. The largest absolute Gasteiger partial charge is 0.392 e. The van der Waals surface area contributed by atoms with Crippen LogP contribution in [0.25, 0.3) is 23.4 Å². The number of benzene rings is 2. The first-order valence-corrected chi connectivity index (χ1v) is 8.35. The smallest absolute Gasteiger partial charge is 0.146 e. The van der Waals surface area contributed by atoms with Crippen molar-refractivity contribution in [3.63, 3.8) is 0 Å². The lowest BCUT2D eigenvalue weighted by molar-refractivity contribution is 0.282. The van der Waals surface area contributed by atoms with Crippen molar-refractivity contribution in [3.05, 3.63) is 89.8 Å². The van der Waals surface area contributed by atoms with Crippen LogP contribution in [0.3, 0.4) is 0 Å². The number of rotatable bonds is 6. The molecule has 2 aromatic carbocycles. The van der Waals surface area contributed by atoms with Crippen molar-refractivity contribution in [3.8, 4) is 11.3 Å². The minimum Gasteiger partial charge on any atom is -0.392 e. The van der Waals surface area contributed by atoms with E-state index in [9.17, 15) is 5.11 Å². The molecule has 0 bridgehead atoms. The molecule has 0 unspecified atom stereocenters. The minimum atomic E-state index is -0.0257. The fraction of sp³-hybridized carbons (Fsp3) is 0.0909. The van der Waals surface area contributed by atoms with Crippen molar-refractivity contribution < 1.29 is 5.11 Å². The highest BCUT2D eigenvalue weighted by Crippen LogP contribution is 2.29. The second kappa shape index (κ2) is 7.76. The summed E-state index contributed by atoms with van der Waals surface area (Å²) in [5, 5.41) is 9.37. The quantitative estimate of drug-likeness (QED) is 0.707. The third kappa shape index (κ3) is 3.55. The number of hydrogen-bond donors (Lipinski definition) is 2. The van der Waals surface area contributed by atoms with E-state index in [2.05, 4.69) is 18.1 Å². The van der Waals surface area contributed by atoms with Crippen LogP contribution in [-0.2, 0) is 13.0 Å². The lowest BCUT2D eigenvalue weighted by Crippen LogP contribution is -2.06. The van der Waals surface area contributed by atoms with Gasteiger partial charge in [-0.25, -0.2) is 9.97 Å². The van der Waals surface area contributed by atoms with Gasteiger partial charge in [-0.2, -0.15) is 0 Å². The molecular formula is C22H21N3O. The molecule has 130 valence electrons. The Morgan fingerprint density at radius 3 is 2.38 bits per heavy atom. The lowest BCUT2D eigenvalue weighted by atomic mass is 9.99. The van der Waals surface area contributed by atoms with Crippen molar-refractivity contribution in [1.82, 2.24) is 9.97 Å². The average Bonchev–Trinajstić information content (AvgIpc) is 2.69. The van der Waals surface area contributed by atoms with Crippen LogP contribution < -0.4 is 5.73 Å². The standard InChI is InChI=1S/C22H21N3O/c1-3-17-12-16(14-26)10-11-18(17)21-19(4-2)25-22(23)20(24-21)13-15-8-6-5-7-9-15/h3-12,26H,1-2,13-14H2,(H2,23,25). The molecule has 0 spiro atoms. The molecule has 1 heterocycles. The summed E-state index contributed by atoms with van der Waals surface area (Å²) in [7, 11) is 0. The van der Waals surface area contributed by atoms with E-state index in [1.54, 1.807) is 12.2 Å². The summed E-state index contributed by atoms with van der Waals surface area (Å²) in [4.78, 5) is 9.30. The van der Waals surface area contributed by atoms with Crippen LogP contribution in [0.4, 0.5) is 5.82 Å². The van der Waals surface area contributed by atoms with Crippen LogP contribution in [0.15, 0.2) is 61.7 Å². The predicted octanol–water partition coefficient (Wildman–Crippen LogP) is 4.09. The van der Waals surface area contributed by atoms with Crippen molar-refractivity contribution in [2.24, 2.45) is 0 Å². The Balaban J connectivity index is 2.13. The molecule has 3 aromatic rings. The third-order valence-corrected chi connectivity index (χ3v) is 4.21. The second-order valence-corrected chi connectivity index (χ2v) is 5.94. The summed E-state index contributed by atoms with van der Waals surface area (Å²) in [6, 6.07) is 15.7. The Morgan fingerprint density at radius 1 is 0.962 bits per heavy atom. The zero-order chi connectivity index (χ0) is 18.5. The second-order valence-electron chi connectivity index (χ2n) is 5.94. The third-order valence-electron chi connectivity index (χ3n) is 4.21. The molecule has 0 radical (unpaired) electrons. The van der Waals surface area contributed by atoms with Gasteiger partial charge in [0.15, 0.2) is 0 Å². The Kier molecular flexibility index (Phi) is 5.25. The first kappa shape index (κ1) is 17.6. The van der Waals surface area contributed by atoms with E-state index >= 15 is 0 Å². The van der Waals surface area contributed by atoms with Crippen molar-refractivity contribution in [1.29, 1.82) is 0 Å². The van der Waals surface area contributed by atoms with Crippen LogP contribution in [-0.4, -0.2) is 15.1 Å². The van der Waals surface area contributed by atoms with Crippen LogP contribution >= 0.6 is 0 Å². The molecule has 4 nitrogen and oxygen atoms in total. The van der Waals surface area contributed by atoms with Crippen molar-refractivity contribution >= 4 is 18.0 Å². The summed E-state index contributed by atoms with van der Waals surface area (Å²) in [5.41, 5.74) is 11.9. The Hall–Kier alpha value is -3.24. The van der Waals surface area contributed by atoms with Gasteiger partial charge < -0.3 is 10.8 Å². The van der Waals surface area contributed by atoms with Gasteiger partial charge in [-0.05, 0) is 28.8 Å². The number of aliphatic hydroxyl groups is 1. The number of nitrogens with two attached hydrogens (primary N) is 1. The van der Waals surface area contributed by atoms with Crippen LogP contribution in [0.2, 0.25) is 0 Å². The first-order valence-electron chi connectivity index (χ1n) is 8.35. The fourth-order valence-electron chi connectivity index (χ4n) is 2.85. The van der Waals surface area contributed by atoms with Crippen LogP contribution in [0.5, 0.6) is 0 Å². The fourth-order valence-corrected chi connectivity index (χ4v) is 2.85. The number of nitrogens with zero attached hydrogens (tertiary/aromatic N) is 2. The van der Waals surface area contributed by atoms with E-state index in [1.165, 1.54) is 0 Å². The summed E-state index contributed by atoms with van der Waals surface area (Å²) >= 11 is 0. The SMILES string of the molecule is C=Cc1cc(CO)ccc1-c1nc(Cc2ccccc2)c(N)nc1C=C. The van der Waals surface area contributed by atoms with Gasteiger partial charge in [-0.15, -0.1) is 0 Å².